The minimum atomic E-state index is -0.794. The van der Waals surface area contributed by atoms with E-state index in [0.29, 0.717) is 10.2 Å². The Morgan fingerprint density at radius 2 is 2.00 bits per heavy atom. The van der Waals surface area contributed by atoms with Crippen molar-refractivity contribution in [1.29, 1.82) is 0 Å². The molecule has 0 bridgehead atoms. The highest BCUT2D eigenvalue weighted by Gasteiger charge is 2.18. The monoisotopic (exact) mass is 448 g/mol. The van der Waals surface area contributed by atoms with E-state index in [2.05, 4.69) is 15.6 Å². The van der Waals surface area contributed by atoms with Crippen LogP contribution in [-0.4, -0.2) is 39.6 Å². The molecule has 0 saturated heterocycles. The van der Waals surface area contributed by atoms with Crippen molar-refractivity contribution in [2.45, 2.75) is 32.9 Å². The van der Waals surface area contributed by atoms with Crippen LogP contribution in [0.15, 0.2) is 34.0 Å². The van der Waals surface area contributed by atoms with Crippen molar-refractivity contribution in [3.05, 3.63) is 39.6 Å². The normalized spacial score (nSPS) is 11.3. The van der Waals surface area contributed by atoms with E-state index in [0.717, 1.165) is 15.0 Å². The lowest BCUT2D eigenvalue weighted by Gasteiger charge is -2.20. The average Bonchev–Trinajstić information content (AvgIpc) is 3.30. The van der Waals surface area contributed by atoms with Crippen LogP contribution in [0, 0.1) is 0 Å². The van der Waals surface area contributed by atoms with Crippen molar-refractivity contribution in [2.75, 3.05) is 6.61 Å². The molecule has 3 heterocycles. The van der Waals surface area contributed by atoms with E-state index in [4.69, 9.17) is 4.74 Å². The average molecular weight is 449 g/mol. The molecular weight excluding hydrogens is 428 g/mol. The summed E-state index contributed by atoms with van der Waals surface area (Å²) in [6.45, 7) is 4.24. The van der Waals surface area contributed by atoms with Crippen molar-refractivity contribution < 1.29 is 19.1 Å². The number of rotatable bonds is 5. The van der Waals surface area contributed by atoms with Crippen LogP contribution in [0.4, 0.5) is 4.79 Å². The Labute approximate surface area is 179 Å². The molecule has 0 saturated carbocycles. The molecule has 3 rings (SSSR count). The number of hydrogen-bond acceptors (Lipinski definition) is 8. The molecule has 0 aliphatic heterocycles. The zero-order valence-electron chi connectivity index (χ0n) is 16.6. The standard InChI is InChI=1S/C19H20N4O5S2/c1-19(2,3)22-18(27)21-13(24)8-28-14(25)7-23-10-20-16-15(17(23)26)11(9-30-16)12-5-4-6-29-12/h4-6,9-10H,7-8H2,1-3H3,(H2,21,22,24,27). The quantitative estimate of drug-likeness (QED) is 0.578. The Hall–Kier alpha value is -3.05. The minimum absolute atomic E-state index is 0.365. The summed E-state index contributed by atoms with van der Waals surface area (Å²) in [6.07, 6.45) is 1.28. The molecular formula is C19H20N4O5S2. The van der Waals surface area contributed by atoms with Gasteiger partial charge in [-0.1, -0.05) is 6.07 Å². The number of fused-ring (bicyclic) bond motifs is 1. The summed E-state index contributed by atoms with van der Waals surface area (Å²) < 4.78 is 6.01. The van der Waals surface area contributed by atoms with Crippen LogP contribution in [0.1, 0.15) is 20.8 Å². The molecule has 2 N–H and O–H groups in total. The molecule has 30 heavy (non-hydrogen) atoms. The van der Waals surface area contributed by atoms with E-state index in [9.17, 15) is 19.2 Å². The summed E-state index contributed by atoms with van der Waals surface area (Å²) in [7, 11) is 0. The maximum absolute atomic E-state index is 12.9. The number of thiophene rings is 2. The number of imide groups is 1. The maximum Gasteiger partial charge on any atom is 0.326 e. The first-order valence-corrected chi connectivity index (χ1v) is 10.7. The van der Waals surface area contributed by atoms with Crippen LogP contribution in [-0.2, 0) is 20.9 Å². The molecule has 0 radical (unpaired) electrons. The summed E-state index contributed by atoms with van der Waals surface area (Å²) in [5.41, 5.74) is -0.109. The van der Waals surface area contributed by atoms with Gasteiger partial charge in [-0.3, -0.25) is 24.3 Å². The number of nitrogens with one attached hydrogen (secondary N) is 2. The van der Waals surface area contributed by atoms with E-state index in [-0.39, 0.29) is 5.56 Å². The number of urea groups is 1. The molecule has 3 aromatic heterocycles. The van der Waals surface area contributed by atoms with Crippen LogP contribution < -0.4 is 16.2 Å². The Morgan fingerprint density at radius 3 is 2.67 bits per heavy atom. The fraction of sp³-hybridized carbons (Fsp3) is 0.316. The van der Waals surface area contributed by atoms with Gasteiger partial charge in [0.2, 0.25) is 0 Å². The zero-order valence-corrected chi connectivity index (χ0v) is 18.2. The predicted octanol–water partition coefficient (Wildman–Crippen LogP) is 2.35. The van der Waals surface area contributed by atoms with Crippen molar-refractivity contribution >= 4 is 50.8 Å². The van der Waals surface area contributed by atoms with Crippen LogP contribution in [0.25, 0.3) is 20.7 Å². The number of nitrogens with zero attached hydrogens (tertiary/aromatic N) is 2. The number of carbonyl (C=O) groups excluding carboxylic acids is 3. The topological polar surface area (TPSA) is 119 Å². The number of carbonyl (C=O) groups is 3. The molecule has 0 aliphatic carbocycles. The Bertz CT molecular complexity index is 1140. The summed E-state index contributed by atoms with van der Waals surface area (Å²) in [5, 5.41) is 8.83. The highest BCUT2D eigenvalue weighted by molar-refractivity contribution is 7.18. The van der Waals surface area contributed by atoms with Gasteiger partial charge < -0.3 is 10.1 Å². The molecule has 0 fully saturated rings. The van der Waals surface area contributed by atoms with E-state index in [1.165, 1.54) is 29.0 Å². The highest BCUT2D eigenvalue weighted by Crippen LogP contribution is 2.33. The van der Waals surface area contributed by atoms with Gasteiger partial charge in [0.05, 0.1) is 11.7 Å². The molecule has 158 valence electrons. The first-order valence-electron chi connectivity index (χ1n) is 8.92. The van der Waals surface area contributed by atoms with Crippen LogP contribution >= 0.6 is 22.7 Å². The van der Waals surface area contributed by atoms with Gasteiger partial charge in [0, 0.05) is 21.4 Å². The van der Waals surface area contributed by atoms with Crippen molar-refractivity contribution in [1.82, 2.24) is 20.2 Å². The molecule has 9 nitrogen and oxygen atoms in total. The second kappa shape index (κ2) is 8.76. The second-order valence-electron chi connectivity index (χ2n) is 7.40. The van der Waals surface area contributed by atoms with Gasteiger partial charge in [0.25, 0.3) is 11.5 Å². The third kappa shape index (κ3) is 5.30. The molecule has 0 aliphatic rings. The van der Waals surface area contributed by atoms with E-state index in [1.54, 1.807) is 20.8 Å². The van der Waals surface area contributed by atoms with Crippen LogP contribution in [0.2, 0.25) is 0 Å². The SMILES string of the molecule is CC(C)(C)NC(=O)NC(=O)COC(=O)Cn1cnc2scc(-c3cccs3)c2c1=O. The third-order valence-corrected chi connectivity index (χ3v) is 5.54. The summed E-state index contributed by atoms with van der Waals surface area (Å²) >= 11 is 2.86. The molecule has 0 unspecified atom stereocenters. The highest BCUT2D eigenvalue weighted by atomic mass is 32.1. The number of hydrogen-bond donors (Lipinski definition) is 2. The first-order chi connectivity index (χ1) is 14.1. The lowest BCUT2D eigenvalue weighted by atomic mass is 10.1. The van der Waals surface area contributed by atoms with Crippen molar-refractivity contribution in [2.24, 2.45) is 0 Å². The second-order valence-corrected chi connectivity index (χ2v) is 9.20. The summed E-state index contributed by atoms with van der Waals surface area (Å²) in [6, 6.07) is 3.11. The first kappa shape index (κ1) is 21.7. The Balaban J connectivity index is 1.64. The molecule has 0 atom stereocenters. The van der Waals surface area contributed by atoms with Crippen molar-refractivity contribution in [3.63, 3.8) is 0 Å². The van der Waals surface area contributed by atoms with Crippen molar-refractivity contribution in [3.8, 4) is 10.4 Å². The maximum atomic E-state index is 12.9. The van der Waals surface area contributed by atoms with Gasteiger partial charge in [-0.05, 0) is 32.2 Å². The zero-order chi connectivity index (χ0) is 21.9. The molecule has 3 amide bonds. The minimum Gasteiger partial charge on any atom is -0.454 e. The van der Waals surface area contributed by atoms with E-state index < -0.39 is 36.6 Å². The number of aromatic nitrogens is 2. The van der Waals surface area contributed by atoms with Gasteiger partial charge in [-0.25, -0.2) is 9.78 Å². The fourth-order valence-electron chi connectivity index (χ4n) is 2.56. The predicted molar refractivity (Wildman–Crippen MR) is 115 cm³/mol. The smallest absolute Gasteiger partial charge is 0.326 e. The number of amides is 3. The largest absolute Gasteiger partial charge is 0.454 e. The van der Waals surface area contributed by atoms with Gasteiger partial charge >= 0.3 is 12.0 Å². The lowest BCUT2D eigenvalue weighted by molar-refractivity contribution is -0.148. The van der Waals surface area contributed by atoms with Crippen LogP contribution in [0.3, 0.4) is 0 Å². The van der Waals surface area contributed by atoms with Gasteiger partial charge in [-0.2, -0.15) is 0 Å². The van der Waals surface area contributed by atoms with E-state index >= 15 is 0 Å². The Kier molecular flexibility index (Phi) is 6.32. The van der Waals surface area contributed by atoms with Gasteiger partial charge in [0.1, 0.15) is 11.4 Å². The van der Waals surface area contributed by atoms with Gasteiger partial charge in [-0.15, -0.1) is 22.7 Å². The Morgan fingerprint density at radius 1 is 1.23 bits per heavy atom. The summed E-state index contributed by atoms with van der Waals surface area (Å²) in [5.74, 6) is -1.57. The summed E-state index contributed by atoms with van der Waals surface area (Å²) in [4.78, 5) is 54.1. The van der Waals surface area contributed by atoms with Gasteiger partial charge in [0.15, 0.2) is 6.61 Å². The molecule has 0 spiro atoms. The molecule has 0 aromatic carbocycles. The molecule has 3 aromatic rings. The third-order valence-electron chi connectivity index (χ3n) is 3.75. The fourth-order valence-corrected chi connectivity index (χ4v) is 4.28. The molecule has 11 heteroatoms. The van der Waals surface area contributed by atoms with E-state index in [1.807, 2.05) is 22.9 Å². The lowest BCUT2D eigenvalue weighted by Crippen LogP contribution is -2.49. The van der Waals surface area contributed by atoms with Crippen LogP contribution in [0.5, 0.6) is 0 Å². The number of esters is 1. The number of ether oxygens (including phenoxy) is 1.